The van der Waals surface area contributed by atoms with E-state index in [1.807, 2.05) is 0 Å². The fourth-order valence-electron chi connectivity index (χ4n) is 1.88. The number of benzene rings is 1. The lowest BCUT2D eigenvalue weighted by Crippen LogP contribution is -2.56. The van der Waals surface area contributed by atoms with Gasteiger partial charge in [-0.1, -0.05) is 46.9 Å². The molecule has 1 aromatic heterocycles. The molecule has 1 atom stereocenters. The van der Waals surface area contributed by atoms with Gasteiger partial charge in [-0.05, 0) is 36.5 Å². The molecule has 7 nitrogen and oxygen atoms in total. The molecule has 0 aliphatic heterocycles. The summed E-state index contributed by atoms with van der Waals surface area (Å²) in [5.41, 5.74) is 0.236. The van der Waals surface area contributed by atoms with Gasteiger partial charge in [0.2, 0.25) is 3.79 Å². The number of aromatic carboxylic acids is 1. The first-order valence-corrected chi connectivity index (χ1v) is 8.53. The maximum atomic E-state index is 12.1. The van der Waals surface area contributed by atoms with Crippen molar-refractivity contribution in [1.29, 1.82) is 0 Å². The summed E-state index contributed by atoms with van der Waals surface area (Å²) < 4.78 is 3.01. The average molecular weight is 437 g/mol. The number of thiocarbonyl (C=S) groups is 1. The van der Waals surface area contributed by atoms with Gasteiger partial charge < -0.3 is 25.5 Å². The van der Waals surface area contributed by atoms with E-state index in [4.69, 9.17) is 51.4 Å². The third-order valence-corrected chi connectivity index (χ3v) is 3.90. The number of carboxylic acids is 1. The fourth-order valence-corrected chi connectivity index (χ4v) is 2.43. The van der Waals surface area contributed by atoms with Crippen LogP contribution < -0.4 is 16.0 Å². The number of halogens is 3. The molecule has 0 bridgehead atoms. The predicted octanol–water partition coefficient (Wildman–Crippen LogP) is 3.39. The van der Waals surface area contributed by atoms with Crippen LogP contribution in [0.4, 0.5) is 5.69 Å². The maximum absolute atomic E-state index is 12.1. The molecule has 0 radical (unpaired) electrons. The van der Waals surface area contributed by atoms with Gasteiger partial charge in [-0.15, -0.1) is 0 Å². The number of furan rings is 1. The largest absolute Gasteiger partial charge is 0.478 e. The lowest BCUT2D eigenvalue weighted by molar-refractivity contribution is 0.0697. The summed E-state index contributed by atoms with van der Waals surface area (Å²) in [5.74, 6) is -1.76. The Morgan fingerprint density at radius 2 is 1.81 bits per heavy atom. The van der Waals surface area contributed by atoms with Crippen LogP contribution in [0.15, 0.2) is 47.1 Å². The minimum Gasteiger partial charge on any atom is -0.478 e. The number of carbonyl (C=O) groups is 2. The molecule has 2 rings (SSSR count). The van der Waals surface area contributed by atoms with E-state index >= 15 is 0 Å². The number of hydrogen-bond donors (Lipinski definition) is 4. The summed E-state index contributed by atoms with van der Waals surface area (Å²) in [4.78, 5) is 23.3. The quantitative estimate of drug-likeness (QED) is 0.323. The second-order valence-corrected chi connectivity index (χ2v) is 7.65. The average Bonchev–Trinajstić information content (AvgIpc) is 3.08. The lowest BCUT2D eigenvalue weighted by atomic mass is 10.2. The Hall–Kier alpha value is -2.00. The van der Waals surface area contributed by atoms with Crippen LogP contribution in [0.5, 0.6) is 0 Å². The molecule has 0 aliphatic rings. The smallest absolute Gasteiger partial charge is 0.337 e. The Bertz CT molecular complexity index is 809. The van der Waals surface area contributed by atoms with E-state index in [2.05, 4.69) is 16.0 Å². The zero-order chi connectivity index (χ0) is 19.3. The Morgan fingerprint density at radius 3 is 2.38 bits per heavy atom. The van der Waals surface area contributed by atoms with Gasteiger partial charge in [0.15, 0.2) is 10.9 Å². The number of carbonyl (C=O) groups excluding carboxylic acids is 1. The van der Waals surface area contributed by atoms with Crippen LogP contribution in [0, 0.1) is 0 Å². The number of anilines is 1. The van der Waals surface area contributed by atoms with E-state index in [1.165, 1.54) is 30.5 Å². The molecule has 2 aromatic rings. The predicted molar refractivity (Wildman–Crippen MR) is 103 cm³/mol. The van der Waals surface area contributed by atoms with E-state index in [-0.39, 0.29) is 22.1 Å². The molecule has 0 fully saturated rings. The van der Waals surface area contributed by atoms with E-state index < -0.39 is 21.8 Å². The standard InChI is InChI=1S/C15H12Cl3N3O4S/c16-15(17,18)13(20-11(22)10-6-3-7-25-10)21-14(26)19-9-5-2-1-4-8(9)12(23)24/h1-7,13H,(H,20,22)(H,23,24)(H2,19,21,26)/t13-/m1/s1. The SMILES string of the molecule is O=C(N[C@H](NC(=S)Nc1ccccc1C(=O)O)C(Cl)(Cl)Cl)c1ccco1. The molecule has 1 amide bonds. The minimum absolute atomic E-state index is 0.00158. The van der Waals surface area contributed by atoms with Crippen LogP contribution in [-0.2, 0) is 0 Å². The monoisotopic (exact) mass is 435 g/mol. The molecule has 1 aromatic carbocycles. The van der Waals surface area contributed by atoms with Crippen LogP contribution in [0.1, 0.15) is 20.9 Å². The zero-order valence-electron chi connectivity index (χ0n) is 12.8. The van der Waals surface area contributed by atoms with E-state index in [0.29, 0.717) is 0 Å². The molecule has 0 saturated heterocycles. The highest BCUT2D eigenvalue weighted by Crippen LogP contribution is 2.29. The molecule has 0 unspecified atom stereocenters. The second kappa shape index (κ2) is 8.59. The number of alkyl halides is 3. The highest BCUT2D eigenvalue weighted by molar-refractivity contribution is 7.80. The third kappa shape index (κ3) is 5.50. The van der Waals surface area contributed by atoms with Crippen LogP contribution in [0.2, 0.25) is 0 Å². The van der Waals surface area contributed by atoms with E-state index in [0.717, 1.165) is 0 Å². The third-order valence-electron chi connectivity index (χ3n) is 3.03. The molecule has 0 spiro atoms. The summed E-state index contributed by atoms with van der Waals surface area (Å²) in [6.45, 7) is 0. The number of amides is 1. The van der Waals surface area contributed by atoms with Gasteiger partial charge in [0.25, 0.3) is 5.91 Å². The van der Waals surface area contributed by atoms with E-state index in [9.17, 15) is 14.7 Å². The van der Waals surface area contributed by atoms with Gasteiger partial charge in [-0.3, -0.25) is 4.79 Å². The van der Waals surface area contributed by atoms with Gasteiger partial charge in [0.05, 0.1) is 17.5 Å². The Labute approximate surface area is 168 Å². The summed E-state index contributed by atoms with van der Waals surface area (Å²) >= 11 is 22.7. The van der Waals surface area contributed by atoms with Crippen molar-refractivity contribution in [2.24, 2.45) is 0 Å². The molecule has 0 aliphatic carbocycles. The number of hydrogen-bond acceptors (Lipinski definition) is 4. The summed E-state index contributed by atoms with van der Waals surface area (Å²) in [6, 6.07) is 9.08. The van der Waals surface area contributed by atoms with Crippen molar-refractivity contribution in [2.45, 2.75) is 9.96 Å². The van der Waals surface area contributed by atoms with Crippen molar-refractivity contribution in [3.8, 4) is 0 Å². The molecular weight excluding hydrogens is 425 g/mol. The topological polar surface area (TPSA) is 104 Å². The van der Waals surface area contributed by atoms with Crippen molar-refractivity contribution in [1.82, 2.24) is 10.6 Å². The van der Waals surface area contributed by atoms with Crippen LogP contribution in [-0.4, -0.2) is 32.1 Å². The van der Waals surface area contributed by atoms with Crippen molar-refractivity contribution in [3.05, 3.63) is 54.0 Å². The van der Waals surface area contributed by atoms with E-state index in [1.54, 1.807) is 12.1 Å². The summed E-state index contributed by atoms with van der Waals surface area (Å²) in [7, 11) is 0. The second-order valence-electron chi connectivity index (χ2n) is 4.87. The molecule has 0 saturated carbocycles. The minimum atomic E-state index is -1.96. The van der Waals surface area contributed by atoms with Crippen molar-refractivity contribution >= 4 is 69.7 Å². The van der Waals surface area contributed by atoms with Crippen molar-refractivity contribution in [3.63, 3.8) is 0 Å². The molecule has 4 N–H and O–H groups in total. The molecular formula is C15H12Cl3N3O4S. The van der Waals surface area contributed by atoms with Crippen LogP contribution >= 0.6 is 47.0 Å². The number of para-hydroxylation sites is 1. The zero-order valence-corrected chi connectivity index (χ0v) is 15.9. The van der Waals surface area contributed by atoms with Crippen molar-refractivity contribution < 1.29 is 19.1 Å². The molecule has 26 heavy (non-hydrogen) atoms. The number of nitrogens with one attached hydrogen (secondary N) is 3. The Balaban J connectivity index is 2.10. The van der Waals surface area contributed by atoms with Crippen LogP contribution in [0.3, 0.4) is 0 Å². The van der Waals surface area contributed by atoms with Crippen molar-refractivity contribution in [2.75, 3.05) is 5.32 Å². The first-order valence-electron chi connectivity index (χ1n) is 6.99. The lowest BCUT2D eigenvalue weighted by Gasteiger charge is -2.27. The maximum Gasteiger partial charge on any atom is 0.337 e. The normalized spacial score (nSPS) is 12.1. The molecule has 11 heteroatoms. The molecule has 1 heterocycles. The Kier molecular flexibility index (Phi) is 6.71. The van der Waals surface area contributed by atoms with Gasteiger partial charge >= 0.3 is 5.97 Å². The van der Waals surface area contributed by atoms with Gasteiger partial charge in [0, 0.05) is 0 Å². The Morgan fingerprint density at radius 1 is 1.12 bits per heavy atom. The van der Waals surface area contributed by atoms with Gasteiger partial charge in [-0.2, -0.15) is 0 Å². The summed E-state index contributed by atoms with van der Waals surface area (Å²) in [6.07, 6.45) is 0.101. The van der Waals surface area contributed by atoms with Crippen LogP contribution in [0.25, 0.3) is 0 Å². The first kappa shape index (κ1) is 20.3. The molecule has 138 valence electrons. The number of carboxylic acid groups (broad SMARTS) is 1. The van der Waals surface area contributed by atoms with Gasteiger partial charge in [-0.25, -0.2) is 4.79 Å². The highest BCUT2D eigenvalue weighted by atomic mass is 35.6. The summed E-state index contributed by atoms with van der Waals surface area (Å²) in [5, 5.41) is 16.9. The fraction of sp³-hybridized carbons (Fsp3) is 0.133. The highest BCUT2D eigenvalue weighted by Gasteiger charge is 2.35. The number of rotatable bonds is 5. The van der Waals surface area contributed by atoms with Gasteiger partial charge in [0.1, 0.15) is 6.17 Å². The first-order chi connectivity index (χ1) is 12.2.